The summed E-state index contributed by atoms with van der Waals surface area (Å²) in [5.74, 6) is 1.87. The third kappa shape index (κ3) is 5.03. The molecule has 8 heteroatoms. The lowest BCUT2D eigenvalue weighted by Gasteiger charge is -2.27. The van der Waals surface area contributed by atoms with Crippen LogP contribution in [0.15, 0.2) is 59.1 Å². The summed E-state index contributed by atoms with van der Waals surface area (Å²) >= 11 is 5.96. The van der Waals surface area contributed by atoms with Crippen LogP contribution in [0.1, 0.15) is 17.7 Å². The van der Waals surface area contributed by atoms with Gasteiger partial charge in [-0.25, -0.2) is 8.42 Å². The second kappa shape index (κ2) is 8.79. The molecule has 1 saturated heterocycles. The van der Waals surface area contributed by atoms with Gasteiger partial charge < -0.3 is 9.26 Å². The number of ether oxygens (including phenoxy) is 1. The summed E-state index contributed by atoms with van der Waals surface area (Å²) in [4.78, 5) is 2.15. The van der Waals surface area contributed by atoms with Crippen LogP contribution in [0, 0.1) is 0 Å². The van der Waals surface area contributed by atoms with Crippen LogP contribution in [-0.4, -0.2) is 43.1 Å². The lowest BCUT2D eigenvalue weighted by Crippen LogP contribution is -2.35. The highest BCUT2D eigenvalue weighted by Crippen LogP contribution is 2.26. The first-order valence-electron chi connectivity index (χ1n) is 9.71. The minimum atomic E-state index is -3.00. The van der Waals surface area contributed by atoms with E-state index < -0.39 is 9.84 Å². The van der Waals surface area contributed by atoms with Crippen LogP contribution in [0.2, 0.25) is 5.02 Å². The Morgan fingerprint density at radius 1 is 1.13 bits per heavy atom. The molecule has 1 atom stereocenters. The molecule has 0 saturated carbocycles. The van der Waals surface area contributed by atoms with Gasteiger partial charge in [0.2, 0.25) is 0 Å². The Hall–Kier alpha value is -2.35. The van der Waals surface area contributed by atoms with Crippen molar-refractivity contribution in [3.8, 4) is 17.0 Å². The molecule has 0 aliphatic carbocycles. The van der Waals surface area contributed by atoms with Gasteiger partial charge in [-0.2, -0.15) is 0 Å². The van der Waals surface area contributed by atoms with E-state index in [1.54, 1.807) is 7.11 Å². The maximum absolute atomic E-state index is 12.1. The fourth-order valence-electron chi connectivity index (χ4n) is 3.69. The van der Waals surface area contributed by atoms with Gasteiger partial charge in [0.1, 0.15) is 11.4 Å². The Morgan fingerprint density at radius 3 is 2.50 bits per heavy atom. The zero-order valence-electron chi connectivity index (χ0n) is 16.6. The molecule has 1 aliphatic heterocycles. The largest absolute Gasteiger partial charge is 0.497 e. The number of nitrogens with zero attached hydrogens (tertiary/aromatic N) is 2. The number of aromatic nitrogens is 1. The maximum Gasteiger partial charge on any atom is 0.151 e. The highest BCUT2D eigenvalue weighted by molar-refractivity contribution is 7.91. The summed E-state index contributed by atoms with van der Waals surface area (Å²) in [7, 11) is -1.37. The van der Waals surface area contributed by atoms with Crippen molar-refractivity contribution in [2.45, 2.75) is 25.6 Å². The molecule has 30 heavy (non-hydrogen) atoms. The van der Waals surface area contributed by atoms with E-state index in [0.717, 1.165) is 22.6 Å². The highest BCUT2D eigenvalue weighted by Gasteiger charge is 2.33. The van der Waals surface area contributed by atoms with Crippen molar-refractivity contribution < 1.29 is 17.7 Å². The summed E-state index contributed by atoms with van der Waals surface area (Å²) in [6, 6.07) is 17.1. The minimum absolute atomic E-state index is 0.0545. The first-order chi connectivity index (χ1) is 14.4. The lowest BCUT2D eigenvalue weighted by atomic mass is 10.1. The second-order valence-electron chi connectivity index (χ2n) is 7.50. The van der Waals surface area contributed by atoms with E-state index in [2.05, 4.69) is 10.1 Å². The van der Waals surface area contributed by atoms with Gasteiger partial charge in [0, 0.05) is 29.2 Å². The number of rotatable bonds is 7. The summed E-state index contributed by atoms with van der Waals surface area (Å²) < 4.78 is 34.9. The van der Waals surface area contributed by atoms with Crippen molar-refractivity contribution >= 4 is 21.4 Å². The van der Waals surface area contributed by atoms with Crippen molar-refractivity contribution in [1.29, 1.82) is 0 Å². The lowest BCUT2D eigenvalue weighted by molar-refractivity contribution is 0.172. The molecule has 1 unspecified atom stereocenters. The standard InChI is InChI=1S/C22H23ClN2O4S/c1-28-20-8-2-16(3-9-20)13-25(19-10-11-30(26,27)15-19)14-21-12-22(24-29-21)17-4-6-18(23)7-5-17/h2-9,12,19H,10-11,13-15H2,1H3. The van der Waals surface area contributed by atoms with Gasteiger partial charge >= 0.3 is 0 Å². The van der Waals surface area contributed by atoms with E-state index >= 15 is 0 Å². The average Bonchev–Trinajstić information content (AvgIpc) is 3.35. The number of hydrogen-bond acceptors (Lipinski definition) is 6. The van der Waals surface area contributed by atoms with Crippen LogP contribution in [0.25, 0.3) is 11.3 Å². The Kier molecular flexibility index (Phi) is 6.13. The van der Waals surface area contributed by atoms with E-state index in [0.29, 0.717) is 30.3 Å². The SMILES string of the molecule is COc1ccc(CN(Cc2cc(-c3ccc(Cl)cc3)no2)C2CCS(=O)(=O)C2)cc1. The van der Waals surface area contributed by atoms with Crippen LogP contribution in [0.3, 0.4) is 0 Å². The molecule has 1 fully saturated rings. The van der Waals surface area contributed by atoms with Gasteiger partial charge in [-0.05, 0) is 36.2 Å². The number of hydrogen-bond donors (Lipinski definition) is 0. The second-order valence-corrected chi connectivity index (χ2v) is 10.2. The number of halogens is 1. The van der Waals surface area contributed by atoms with E-state index in [9.17, 15) is 8.42 Å². The monoisotopic (exact) mass is 446 g/mol. The zero-order valence-corrected chi connectivity index (χ0v) is 18.2. The van der Waals surface area contributed by atoms with Crippen molar-refractivity contribution in [3.05, 3.63) is 70.9 Å². The molecule has 6 nitrogen and oxygen atoms in total. The number of sulfone groups is 1. The van der Waals surface area contributed by atoms with Crippen LogP contribution in [0.4, 0.5) is 0 Å². The summed E-state index contributed by atoms with van der Waals surface area (Å²) in [5, 5.41) is 4.84. The van der Waals surface area contributed by atoms with E-state index in [1.165, 1.54) is 0 Å². The fourth-order valence-corrected chi connectivity index (χ4v) is 5.57. The molecule has 0 amide bonds. The molecule has 0 radical (unpaired) electrons. The summed E-state index contributed by atoms with van der Waals surface area (Å²) in [5.41, 5.74) is 2.72. The summed E-state index contributed by atoms with van der Waals surface area (Å²) in [6.07, 6.45) is 0.622. The third-order valence-corrected chi connectivity index (χ3v) is 7.33. The first kappa shape index (κ1) is 20.9. The van der Waals surface area contributed by atoms with Crippen molar-refractivity contribution in [2.75, 3.05) is 18.6 Å². The Morgan fingerprint density at radius 2 is 1.87 bits per heavy atom. The number of methoxy groups -OCH3 is 1. The average molecular weight is 447 g/mol. The smallest absolute Gasteiger partial charge is 0.151 e. The van der Waals surface area contributed by atoms with Gasteiger partial charge in [0.15, 0.2) is 15.6 Å². The molecule has 1 aromatic heterocycles. The molecule has 2 aromatic carbocycles. The molecule has 1 aliphatic rings. The molecular weight excluding hydrogens is 424 g/mol. The van der Waals surface area contributed by atoms with Crippen LogP contribution in [0.5, 0.6) is 5.75 Å². The van der Waals surface area contributed by atoms with Gasteiger partial charge in [-0.15, -0.1) is 0 Å². The quantitative estimate of drug-likeness (QED) is 0.541. The fraction of sp³-hybridized carbons (Fsp3) is 0.318. The zero-order chi connectivity index (χ0) is 21.1. The predicted molar refractivity (Wildman–Crippen MR) is 116 cm³/mol. The van der Waals surface area contributed by atoms with Gasteiger partial charge in [-0.3, -0.25) is 4.90 Å². The Balaban J connectivity index is 1.54. The van der Waals surface area contributed by atoms with E-state index in [-0.39, 0.29) is 17.5 Å². The van der Waals surface area contributed by atoms with Crippen molar-refractivity contribution in [3.63, 3.8) is 0 Å². The molecule has 2 heterocycles. The van der Waals surface area contributed by atoms with Gasteiger partial charge in [0.25, 0.3) is 0 Å². The Labute approximate surface area is 181 Å². The normalized spacial score (nSPS) is 18.0. The number of benzene rings is 2. The molecule has 4 rings (SSSR count). The molecule has 158 valence electrons. The van der Waals surface area contributed by atoms with E-state index in [4.69, 9.17) is 20.9 Å². The van der Waals surface area contributed by atoms with Crippen molar-refractivity contribution in [2.24, 2.45) is 0 Å². The minimum Gasteiger partial charge on any atom is -0.497 e. The van der Waals surface area contributed by atoms with Crippen molar-refractivity contribution in [1.82, 2.24) is 10.1 Å². The van der Waals surface area contributed by atoms with Crippen LogP contribution in [-0.2, 0) is 22.9 Å². The van der Waals surface area contributed by atoms with Gasteiger partial charge in [0.05, 0.1) is 25.2 Å². The van der Waals surface area contributed by atoms with Crippen LogP contribution < -0.4 is 4.74 Å². The molecule has 3 aromatic rings. The highest BCUT2D eigenvalue weighted by atomic mass is 35.5. The molecule has 0 bridgehead atoms. The third-order valence-electron chi connectivity index (χ3n) is 5.33. The topological polar surface area (TPSA) is 72.6 Å². The first-order valence-corrected chi connectivity index (χ1v) is 11.9. The molecule has 0 N–H and O–H groups in total. The van der Waals surface area contributed by atoms with E-state index in [1.807, 2.05) is 54.6 Å². The van der Waals surface area contributed by atoms with Crippen LogP contribution >= 0.6 is 11.6 Å². The molecular formula is C22H23ClN2O4S. The Bertz CT molecular complexity index is 1090. The summed E-state index contributed by atoms with van der Waals surface area (Å²) in [6.45, 7) is 1.09. The predicted octanol–water partition coefficient (Wildman–Crippen LogP) is 4.19. The molecule has 0 spiro atoms. The maximum atomic E-state index is 12.1. The van der Waals surface area contributed by atoms with Gasteiger partial charge in [-0.1, -0.05) is 41.0 Å².